The molecule has 0 aromatic rings. The van der Waals surface area contributed by atoms with Crippen LogP contribution in [-0.2, 0) is 15.0 Å². The lowest BCUT2D eigenvalue weighted by molar-refractivity contribution is -0.133. The number of hydrogen-bond acceptors (Lipinski definition) is 3. The van der Waals surface area contributed by atoms with Crippen LogP contribution < -0.4 is 0 Å². The number of nitrogens with zero attached hydrogens (tertiary/aromatic N) is 2. The molecule has 98 valence electrons. The van der Waals surface area contributed by atoms with Gasteiger partial charge in [0.1, 0.15) is 5.70 Å². The van der Waals surface area contributed by atoms with Crippen molar-refractivity contribution in [2.75, 3.05) is 6.54 Å². The molecule has 1 aliphatic heterocycles. The van der Waals surface area contributed by atoms with Crippen LogP contribution in [0.5, 0.6) is 0 Å². The highest BCUT2D eigenvalue weighted by Gasteiger charge is 2.33. The number of hydrogen-bond donors (Lipinski definition) is 1. The Morgan fingerprint density at radius 3 is 2.61 bits per heavy atom. The molecule has 7 heteroatoms. The number of carbonyl (C=O) groups is 1. The highest BCUT2D eigenvalue weighted by molar-refractivity contribution is 7.88. The molecule has 0 fully saturated rings. The molecule has 0 amide bonds. The standard InChI is InChI=1S/C11H14N2O4S/c1-2-13-10(11(14)15)7-9(12-18(13,16)17)8-5-3-4-6-8/h3-4,7-8H,2,5-6H2,1H3,(H,14,15). The summed E-state index contributed by atoms with van der Waals surface area (Å²) in [4.78, 5) is 11.1. The fraction of sp³-hybridized carbons (Fsp3) is 0.455. The monoisotopic (exact) mass is 270 g/mol. The van der Waals surface area contributed by atoms with E-state index in [0.29, 0.717) is 18.6 Å². The normalized spacial score (nSPS) is 22.8. The van der Waals surface area contributed by atoms with Crippen LogP contribution >= 0.6 is 0 Å². The first-order chi connectivity index (χ1) is 8.45. The molecule has 0 aromatic heterocycles. The summed E-state index contributed by atoms with van der Waals surface area (Å²) in [5.41, 5.74) is 0.108. The SMILES string of the molecule is CCN1C(C(=O)O)=CC(C2CC=CC2)=NS1(=O)=O. The molecule has 6 nitrogen and oxygen atoms in total. The van der Waals surface area contributed by atoms with Gasteiger partial charge in [0.25, 0.3) is 0 Å². The second-order valence-electron chi connectivity index (χ2n) is 4.13. The van der Waals surface area contributed by atoms with E-state index in [0.717, 1.165) is 4.31 Å². The molecule has 0 radical (unpaired) electrons. The lowest BCUT2D eigenvalue weighted by Crippen LogP contribution is -2.37. The van der Waals surface area contributed by atoms with Crippen LogP contribution in [0.15, 0.2) is 28.3 Å². The maximum atomic E-state index is 11.9. The zero-order valence-corrected chi connectivity index (χ0v) is 10.7. The van der Waals surface area contributed by atoms with E-state index in [9.17, 15) is 13.2 Å². The second-order valence-corrected chi connectivity index (χ2v) is 5.65. The Hall–Kier alpha value is -1.63. The average Bonchev–Trinajstić information content (AvgIpc) is 2.79. The first-order valence-corrected chi connectivity index (χ1v) is 7.08. The van der Waals surface area contributed by atoms with Gasteiger partial charge in [0.15, 0.2) is 0 Å². The number of aliphatic carboxylic acids is 1. The van der Waals surface area contributed by atoms with E-state index in [1.165, 1.54) is 6.08 Å². The minimum atomic E-state index is -3.91. The summed E-state index contributed by atoms with van der Waals surface area (Å²) < 4.78 is 28.3. The highest BCUT2D eigenvalue weighted by Crippen LogP contribution is 2.26. The maximum Gasteiger partial charge on any atom is 0.353 e. The predicted octanol–water partition coefficient (Wildman–Crippen LogP) is 0.942. The van der Waals surface area contributed by atoms with Crippen molar-refractivity contribution in [1.29, 1.82) is 0 Å². The predicted molar refractivity (Wildman–Crippen MR) is 66.3 cm³/mol. The molecule has 18 heavy (non-hydrogen) atoms. The van der Waals surface area contributed by atoms with E-state index >= 15 is 0 Å². The molecule has 0 atom stereocenters. The first kappa shape index (κ1) is 12.8. The van der Waals surface area contributed by atoms with Crippen molar-refractivity contribution in [3.63, 3.8) is 0 Å². The molecule has 0 aromatic carbocycles. The van der Waals surface area contributed by atoms with Gasteiger partial charge in [-0.3, -0.25) is 0 Å². The van der Waals surface area contributed by atoms with E-state index in [1.807, 2.05) is 12.2 Å². The fourth-order valence-electron chi connectivity index (χ4n) is 2.10. The van der Waals surface area contributed by atoms with Crippen LogP contribution in [0.1, 0.15) is 19.8 Å². The van der Waals surface area contributed by atoms with Gasteiger partial charge in [-0.05, 0) is 25.8 Å². The van der Waals surface area contributed by atoms with Crippen LogP contribution in [0, 0.1) is 5.92 Å². The van der Waals surface area contributed by atoms with Crippen LogP contribution in [0.3, 0.4) is 0 Å². The lowest BCUT2D eigenvalue weighted by atomic mass is 10.00. The Balaban J connectivity index is 2.43. The fourth-order valence-corrected chi connectivity index (χ4v) is 3.37. The van der Waals surface area contributed by atoms with Gasteiger partial charge in [-0.1, -0.05) is 12.2 Å². The van der Waals surface area contributed by atoms with Gasteiger partial charge >= 0.3 is 16.2 Å². The van der Waals surface area contributed by atoms with Crippen molar-refractivity contribution in [3.8, 4) is 0 Å². The van der Waals surface area contributed by atoms with Crippen molar-refractivity contribution in [2.45, 2.75) is 19.8 Å². The Morgan fingerprint density at radius 1 is 1.50 bits per heavy atom. The zero-order chi connectivity index (χ0) is 13.3. The summed E-state index contributed by atoms with van der Waals surface area (Å²) in [5.74, 6) is -1.29. The molecule has 0 saturated carbocycles. The molecule has 2 rings (SSSR count). The van der Waals surface area contributed by atoms with Gasteiger partial charge in [-0.2, -0.15) is 8.42 Å². The number of allylic oxidation sites excluding steroid dienone is 3. The van der Waals surface area contributed by atoms with Crippen molar-refractivity contribution in [3.05, 3.63) is 23.9 Å². The Labute approximate surface area is 106 Å². The molecule has 0 saturated heterocycles. The topological polar surface area (TPSA) is 87.0 Å². The van der Waals surface area contributed by atoms with Crippen molar-refractivity contribution >= 4 is 21.9 Å². The summed E-state index contributed by atoms with van der Waals surface area (Å²) in [6.45, 7) is 1.63. The summed E-state index contributed by atoms with van der Waals surface area (Å²) in [5, 5.41) is 9.09. The van der Waals surface area contributed by atoms with Gasteiger partial charge in [-0.25, -0.2) is 9.10 Å². The lowest BCUT2D eigenvalue weighted by Gasteiger charge is -2.25. The van der Waals surface area contributed by atoms with E-state index in [2.05, 4.69) is 4.40 Å². The summed E-state index contributed by atoms with van der Waals surface area (Å²) in [6.07, 6.45) is 6.65. The number of carboxylic acid groups (broad SMARTS) is 1. The molecule has 1 aliphatic carbocycles. The number of carboxylic acids is 1. The van der Waals surface area contributed by atoms with Crippen LogP contribution in [0.2, 0.25) is 0 Å². The van der Waals surface area contributed by atoms with Gasteiger partial charge in [-0.15, -0.1) is 4.40 Å². The minimum absolute atomic E-state index is 0.0341. The molecular formula is C11H14N2O4S. The molecule has 0 unspecified atom stereocenters. The third kappa shape index (κ3) is 2.17. The summed E-state index contributed by atoms with van der Waals surface area (Å²) >= 11 is 0. The average molecular weight is 270 g/mol. The van der Waals surface area contributed by atoms with Crippen molar-refractivity contribution in [2.24, 2.45) is 10.3 Å². The smallest absolute Gasteiger partial charge is 0.353 e. The van der Waals surface area contributed by atoms with Crippen LogP contribution in [-0.4, -0.2) is 36.1 Å². The third-order valence-corrected chi connectivity index (χ3v) is 4.44. The molecule has 0 spiro atoms. The molecule has 0 bridgehead atoms. The van der Waals surface area contributed by atoms with Gasteiger partial charge in [0, 0.05) is 12.5 Å². The Kier molecular flexibility index (Phi) is 3.25. The van der Waals surface area contributed by atoms with Gasteiger partial charge in [0.2, 0.25) is 0 Å². The first-order valence-electron chi connectivity index (χ1n) is 5.68. The van der Waals surface area contributed by atoms with Crippen LogP contribution in [0.25, 0.3) is 0 Å². The molecule has 2 aliphatic rings. The molecule has 1 N–H and O–H groups in total. The van der Waals surface area contributed by atoms with Gasteiger partial charge < -0.3 is 5.11 Å². The van der Waals surface area contributed by atoms with Gasteiger partial charge in [0.05, 0.1) is 5.71 Å². The molecular weight excluding hydrogens is 256 g/mol. The maximum absolute atomic E-state index is 11.9. The van der Waals surface area contributed by atoms with Crippen LogP contribution in [0.4, 0.5) is 0 Å². The van der Waals surface area contributed by atoms with Crippen molar-refractivity contribution in [1.82, 2.24) is 4.31 Å². The second kappa shape index (κ2) is 4.56. The molecule has 1 heterocycles. The Bertz CT molecular complexity index is 552. The summed E-state index contributed by atoms with van der Waals surface area (Å²) in [6, 6.07) is 0. The minimum Gasteiger partial charge on any atom is -0.477 e. The van der Waals surface area contributed by atoms with E-state index < -0.39 is 16.2 Å². The van der Waals surface area contributed by atoms with E-state index in [1.54, 1.807) is 6.92 Å². The third-order valence-electron chi connectivity index (χ3n) is 2.99. The van der Waals surface area contributed by atoms with Crippen molar-refractivity contribution < 1.29 is 18.3 Å². The highest BCUT2D eigenvalue weighted by atomic mass is 32.2. The number of rotatable bonds is 3. The zero-order valence-electron chi connectivity index (χ0n) is 9.91. The summed E-state index contributed by atoms with van der Waals surface area (Å²) in [7, 11) is -3.91. The van der Waals surface area contributed by atoms with E-state index in [4.69, 9.17) is 5.11 Å². The Morgan fingerprint density at radius 2 is 2.11 bits per heavy atom. The number of likely N-dealkylation sites (N-methyl/N-ethyl adjacent to an activating group) is 1. The van der Waals surface area contributed by atoms with E-state index in [-0.39, 0.29) is 18.2 Å². The quantitative estimate of drug-likeness (QED) is 0.773. The largest absolute Gasteiger partial charge is 0.477 e.